The number of benzene rings is 2. The van der Waals surface area contributed by atoms with Gasteiger partial charge in [0.25, 0.3) is 20.0 Å². The van der Waals surface area contributed by atoms with Crippen LogP contribution in [0.5, 0.6) is 0 Å². The van der Waals surface area contributed by atoms with Gasteiger partial charge in [0.05, 0.1) is 10.4 Å². The standard InChI is InChI=1S/C22H28N4O6S2/c1-15-5-9-18(10-6-15)34(30,31)26-19-14-17(8-7-16(19)13-20(26)33(23,28)29)24-11-12-25-21(27)32-22(2,3)4/h5-10,13-14,24H,11-12H2,1-4H3,(H,25,27)(H2,23,28,29). The van der Waals surface area contributed by atoms with Crippen LogP contribution in [0.25, 0.3) is 10.9 Å². The van der Waals surface area contributed by atoms with E-state index in [1.165, 1.54) is 24.3 Å². The zero-order valence-electron chi connectivity index (χ0n) is 19.3. The normalized spacial score (nSPS) is 12.5. The Hall–Kier alpha value is -3.09. The van der Waals surface area contributed by atoms with E-state index in [0.717, 1.165) is 9.54 Å². The summed E-state index contributed by atoms with van der Waals surface area (Å²) in [6.45, 7) is 7.66. The average molecular weight is 509 g/mol. The number of nitrogens with one attached hydrogen (secondary N) is 2. The molecule has 0 unspecified atom stereocenters. The van der Waals surface area contributed by atoms with Gasteiger partial charge in [0, 0.05) is 24.2 Å². The number of nitrogens with two attached hydrogens (primary N) is 1. The number of aromatic nitrogens is 1. The minimum absolute atomic E-state index is 0.0691. The van der Waals surface area contributed by atoms with E-state index in [0.29, 0.717) is 17.6 Å². The van der Waals surface area contributed by atoms with Gasteiger partial charge in [-0.25, -0.2) is 30.7 Å². The number of nitrogens with zero attached hydrogens (tertiary/aromatic N) is 1. The third-order valence-electron chi connectivity index (χ3n) is 4.70. The minimum atomic E-state index is -4.35. The molecule has 0 saturated carbocycles. The lowest BCUT2D eigenvalue weighted by Crippen LogP contribution is -2.34. The van der Waals surface area contributed by atoms with Gasteiger partial charge >= 0.3 is 6.09 Å². The van der Waals surface area contributed by atoms with Gasteiger partial charge in [-0.15, -0.1) is 0 Å². The van der Waals surface area contributed by atoms with Crippen LogP contribution in [0, 0.1) is 6.92 Å². The lowest BCUT2D eigenvalue weighted by molar-refractivity contribution is 0.0530. The first-order valence-corrected chi connectivity index (χ1v) is 13.4. The fourth-order valence-corrected chi connectivity index (χ4v) is 5.83. The van der Waals surface area contributed by atoms with Crippen molar-refractivity contribution in [1.29, 1.82) is 0 Å². The number of alkyl carbamates (subject to hydrolysis) is 1. The molecule has 0 radical (unpaired) electrons. The van der Waals surface area contributed by atoms with Crippen molar-refractivity contribution >= 4 is 42.7 Å². The Kier molecular flexibility index (Phi) is 6.97. The quantitative estimate of drug-likeness (QED) is 0.415. The van der Waals surface area contributed by atoms with Crippen molar-refractivity contribution in [2.45, 2.75) is 43.2 Å². The highest BCUT2D eigenvalue weighted by Crippen LogP contribution is 2.30. The molecule has 10 nitrogen and oxygen atoms in total. The first kappa shape index (κ1) is 25.5. The highest BCUT2D eigenvalue weighted by molar-refractivity contribution is 7.92. The van der Waals surface area contributed by atoms with E-state index in [4.69, 9.17) is 9.88 Å². The molecule has 34 heavy (non-hydrogen) atoms. The molecule has 184 valence electrons. The van der Waals surface area contributed by atoms with Gasteiger partial charge in [-0.2, -0.15) is 0 Å². The molecule has 0 bridgehead atoms. The summed E-state index contributed by atoms with van der Waals surface area (Å²) in [5, 5.41) is 10.9. The Bertz CT molecular complexity index is 1420. The SMILES string of the molecule is Cc1ccc(S(=O)(=O)n2c(S(N)(=O)=O)cc3ccc(NCCNC(=O)OC(C)(C)C)cc32)cc1. The molecule has 3 aromatic rings. The van der Waals surface area contributed by atoms with Gasteiger partial charge in [0.2, 0.25) is 0 Å². The van der Waals surface area contributed by atoms with Gasteiger partial charge in [-0.1, -0.05) is 23.8 Å². The van der Waals surface area contributed by atoms with Crippen LogP contribution in [-0.2, 0) is 24.8 Å². The van der Waals surface area contributed by atoms with Crippen molar-refractivity contribution in [2.75, 3.05) is 18.4 Å². The summed E-state index contributed by atoms with van der Waals surface area (Å²) in [6.07, 6.45) is -0.555. The predicted octanol–water partition coefficient (Wildman–Crippen LogP) is 2.77. The smallest absolute Gasteiger partial charge is 0.407 e. The maximum Gasteiger partial charge on any atom is 0.407 e. The number of anilines is 1. The van der Waals surface area contributed by atoms with E-state index >= 15 is 0 Å². The topological polar surface area (TPSA) is 150 Å². The number of aryl methyl sites for hydroxylation is 1. The van der Waals surface area contributed by atoms with Gasteiger partial charge in [0.15, 0.2) is 5.03 Å². The van der Waals surface area contributed by atoms with Crippen molar-refractivity contribution in [2.24, 2.45) is 5.14 Å². The zero-order chi connectivity index (χ0) is 25.3. The number of fused-ring (bicyclic) bond motifs is 1. The van der Waals surface area contributed by atoms with Crippen molar-refractivity contribution in [1.82, 2.24) is 9.29 Å². The van der Waals surface area contributed by atoms with E-state index in [9.17, 15) is 21.6 Å². The van der Waals surface area contributed by atoms with Crippen molar-refractivity contribution in [3.8, 4) is 0 Å². The van der Waals surface area contributed by atoms with Gasteiger partial charge in [0.1, 0.15) is 5.60 Å². The summed E-state index contributed by atoms with van der Waals surface area (Å²) in [5.41, 5.74) is 0.917. The molecule has 2 aromatic carbocycles. The summed E-state index contributed by atoms with van der Waals surface area (Å²) in [7, 11) is -8.62. The number of hydrogen-bond donors (Lipinski definition) is 3. The Morgan fingerprint density at radius 3 is 2.24 bits per heavy atom. The number of amides is 1. The van der Waals surface area contributed by atoms with E-state index in [-0.39, 0.29) is 17.0 Å². The molecular formula is C22H28N4O6S2. The van der Waals surface area contributed by atoms with Crippen LogP contribution in [0.3, 0.4) is 0 Å². The molecule has 1 amide bonds. The number of hydrogen-bond acceptors (Lipinski definition) is 7. The number of rotatable bonds is 7. The zero-order valence-corrected chi connectivity index (χ0v) is 21.0. The summed E-state index contributed by atoms with van der Waals surface area (Å²) in [6, 6.07) is 12.1. The molecule has 0 aliphatic carbocycles. The van der Waals surface area contributed by atoms with E-state index < -0.39 is 36.8 Å². The van der Waals surface area contributed by atoms with Crippen LogP contribution in [0.15, 0.2) is 58.5 Å². The van der Waals surface area contributed by atoms with Gasteiger partial charge < -0.3 is 15.4 Å². The second kappa shape index (κ2) is 9.28. The molecule has 0 atom stereocenters. The molecule has 0 fully saturated rings. The Morgan fingerprint density at radius 2 is 1.65 bits per heavy atom. The average Bonchev–Trinajstić information content (AvgIpc) is 3.10. The molecule has 4 N–H and O–H groups in total. The van der Waals surface area contributed by atoms with Crippen LogP contribution in [0.2, 0.25) is 0 Å². The molecule has 0 saturated heterocycles. The Labute approximate surface area is 199 Å². The van der Waals surface area contributed by atoms with Gasteiger partial charge in [-0.3, -0.25) is 0 Å². The predicted molar refractivity (Wildman–Crippen MR) is 130 cm³/mol. The third-order valence-corrected chi connectivity index (χ3v) is 7.44. The van der Waals surface area contributed by atoms with Crippen LogP contribution in [-0.4, -0.2) is 45.6 Å². The van der Waals surface area contributed by atoms with Crippen LogP contribution >= 0.6 is 0 Å². The summed E-state index contributed by atoms with van der Waals surface area (Å²) < 4.78 is 57.2. The van der Waals surface area contributed by atoms with Crippen molar-refractivity contribution < 1.29 is 26.4 Å². The third kappa shape index (κ3) is 5.88. The van der Waals surface area contributed by atoms with Crippen LogP contribution in [0.1, 0.15) is 26.3 Å². The molecular weight excluding hydrogens is 480 g/mol. The fraction of sp³-hybridized carbons (Fsp3) is 0.318. The van der Waals surface area contributed by atoms with E-state index in [2.05, 4.69) is 10.6 Å². The van der Waals surface area contributed by atoms with Gasteiger partial charge in [-0.05, 0) is 58.0 Å². The first-order chi connectivity index (χ1) is 15.7. The fourth-order valence-electron chi connectivity index (χ4n) is 3.21. The maximum absolute atomic E-state index is 13.4. The summed E-state index contributed by atoms with van der Waals surface area (Å²) in [4.78, 5) is 11.7. The molecule has 1 aromatic heterocycles. The molecule has 0 spiro atoms. The number of carbonyl (C=O) groups excluding carboxylic acids is 1. The second-order valence-corrected chi connectivity index (χ2v) is 12.0. The number of ether oxygens (including phenoxy) is 1. The lowest BCUT2D eigenvalue weighted by atomic mass is 10.2. The van der Waals surface area contributed by atoms with E-state index in [1.54, 1.807) is 45.0 Å². The van der Waals surface area contributed by atoms with E-state index in [1.807, 2.05) is 6.92 Å². The first-order valence-electron chi connectivity index (χ1n) is 10.4. The molecule has 12 heteroatoms. The highest BCUT2D eigenvalue weighted by Gasteiger charge is 2.28. The molecule has 0 aliphatic rings. The maximum atomic E-state index is 13.4. The highest BCUT2D eigenvalue weighted by atomic mass is 32.2. The second-order valence-electron chi connectivity index (χ2n) is 8.74. The summed E-state index contributed by atoms with van der Waals surface area (Å²) >= 11 is 0. The lowest BCUT2D eigenvalue weighted by Gasteiger charge is -2.19. The molecule has 0 aliphatic heterocycles. The Morgan fingerprint density at radius 1 is 1.00 bits per heavy atom. The molecule has 3 rings (SSSR count). The number of carbonyl (C=O) groups is 1. The molecule has 1 heterocycles. The van der Waals surface area contributed by atoms with Crippen molar-refractivity contribution in [3.05, 3.63) is 54.1 Å². The van der Waals surface area contributed by atoms with Crippen LogP contribution in [0.4, 0.5) is 10.5 Å². The van der Waals surface area contributed by atoms with Crippen molar-refractivity contribution in [3.63, 3.8) is 0 Å². The Balaban J connectivity index is 1.93. The largest absolute Gasteiger partial charge is 0.444 e. The number of sulfonamides is 1. The van der Waals surface area contributed by atoms with Crippen LogP contribution < -0.4 is 15.8 Å². The number of primary sulfonamides is 1. The summed E-state index contributed by atoms with van der Waals surface area (Å²) in [5.74, 6) is 0. The minimum Gasteiger partial charge on any atom is -0.444 e. The monoisotopic (exact) mass is 508 g/mol.